The Kier molecular flexibility index (Phi) is 17.3. The van der Waals surface area contributed by atoms with Gasteiger partial charge in [0.05, 0.1) is 0 Å². The van der Waals surface area contributed by atoms with Crippen molar-refractivity contribution in [2.45, 2.75) is 65.2 Å². The van der Waals surface area contributed by atoms with E-state index >= 15 is 0 Å². The molecule has 0 amide bonds. The molecule has 0 atom stereocenters. The summed E-state index contributed by atoms with van der Waals surface area (Å²) in [6, 6.07) is 78.9. The summed E-state index contributed by atoms with van der Waals surface area (Å²) >= 11 is 0. The predicted molar refractivity (Wildman–Crippen MR) is 307 cm³/mol. The van der Waals surface area contributed by atoms with Gasteiger partial charge < -0.3 is 9.47 Å². The summed E-state index contributed by atoms with van der Waals surface area (Å²) in [7, 11) is 0. The van der Waals surface area contributed by atoms with Crippen LogP contribution in [0.5, 0.6) is 0 Å². The normalized spacial score (nSPS) is 13.4. The zero-order valence-electron chi connectivity index (χ0n) is 43.7. The van der Waals surface area contributed by atoms with Crippen molar-refractivity contribution in [1.29, 1.82) is 0 Å². The Balaban J connectivity index is 0.00000328. The number of ether oxygens (including phenoxy) is 2. The third kappa shape index (κ3) is 13.0. The van der Waals surface area contributed by atoms with E-state index < -0.39 is 0 Å². The van der Waals surface area contributed by atoms with E-state index in [1.54, 1.807) is 0 Å². The van der Waals surface area contributed by atoms with E-state index in [-0.39, 0.29) is 42.1 Å². The molecule has 10 aromatic carbocycles. The Hall–Kier alpha value is -5.98. The Morgan fingerprint density at radius 2 is 0.632 bits per heavy atom. The first-order chi connectivity index (χ1) is 36.3. The molecule has 0 N–H and O–H groups in total. The smallest absolute Gasteiger partial charge is 0 e. The fourth-order valence-corrected chi connectivity index (χ4v) is 11.1. The van der Waals surface area contributed by atoms with Gasteiger partial charge in [0.2, 0.25) is 0 Å². The van der Waals surface area contributed by atoms with E-state index in [4.69, 9.17) is 9.47 Å². The molecule has 2 saturated heterocycles. The van der Waals surface area contributed by atoms with Gasteiger partial charge in [-0.25, -0.2) is 0 Å². The van der Waals surface area contributed by atoms with Gasteiger partial charge in [-0.2, -0.15) is 0 Å². The molecule has 0 aliphatic carbocycles. The molecule has 0 aromatic heterocycles. The van der Waals surface area contributed by atoms with Crippen LogP contribution in [0.25, 0.3) is 32.7 Å². The first kappa shape index (κ1) is 53.4. The van der Waals surface area contributed by atoms with Gasteiger partial charge in [-0.05, 0) is 152 Å². The summed E-state index contributed by atoms with van der Waals surface area (Å²) in [5.74, 6) is 2.98. The van der Waals surface area contributed by atoms with Gasteiger partial charge in [-0.3, -0.25) is 11.8 Å². The van der Waals surface area contributed by atoms with Crippen LogP contribution in [0.3, 0.4) is 0 Å². The minimum atomic E-state index is 0. The molecule has 0 saturated carbocycles. The van der Waals surface area contributed by atoms with E-state index in [1.165, 1.54) is 134 Å². The van der Waals surface area contributed by atoms with Gasteiger partial charge in [0.25, 0.3) is 0 Å². The molecule has 0 bridgehead atoms. The zero-order chi connectivity index (χ0) is 49.8. The molecular weight excluding hydrogens is 1260 g/mol. The van der Waals surface area contributed by atoms with Gasteiger partial charge in [-0.1, -0.05) is 255 Å². The average molecular weight is 1330 g/mol. The number of hydrogen-bond acceptors (Lipinski definition) is 2. The second-order valence-corrected chi connectivity index (χ2v) is 21.5. The fourth-order valence-electron chi connectivity index (χ4n) is 11.1. The number of aryl methyl sites for hydroxylation is 2. The quantitative estimate of drug-likeness (QED) is 0.0846. The monoisotopic (exact) mass is 1330 g/mol. The van der Waals surface area contributed by atoms with Gasteiger partial charge in [0.15, 0.2) is 0 Å². The summed E-state index contributed by atoms with van der Waals surface area (Å²) in [4.78, 5) is 0. The molecule has 2 aliphatic rings. The minimum Gasteiger partial charge on any atom is -0.444 e. The van der Waals surface area contributed by atoms with Crippen LogP contribution in [-0.2, 0) is 103 Å². The van der Waals surface area contributed by atoms with E-state index in [0.717, 1.165) is 77.8 Å². The molecule has 0 spiro atoms. The molecule has 2 aliphatic heterocycles. The molecule has 0 unspecified atom stereocenters. The van der Waals surface area contributed by atoms with Crippen LogP contribution in [0.15, 0.2) is 206 Å². The molecule has 12 rings (SSSR count). The molecular formula is C72H64O2W2-2. The summed E-state index contributed by atoms with van der Waals surface area (Å²) in [6.45, 7) is 7.70. The molecule has 2 fully saturated rings. The van der Waals surface area contributed by atoms with Crippen molar-refractivity contribution in [2.24, 2.45) is 0 Å². The van der Waals surface area contributed by atoms with Crippen molar-refractivity contribution in [3.8, 4) is 11.1 Å². The molecule has 378 valence electrons. The van der Waals surface area contributed by atoms with Gasteiger partial charge in [0.1, 0.15) is 0 Å². The molecule has 4 heteroatoms. The van der Waals surface area contributed by atoms with Crippen LogP contribution in [0, 0.1) is 25.7 Å². The van der Waals surface area contributed by atoms with E-state index in [2.05, 4.69) is 220 Å². The van der Waals surface area contributed by atoms with Crippen LogP contribution in [0.4, 0.5) is 0 Å². The standard InChI is InChI=1S/C72H64O2.2W/c1-49-4-32-70-66(33-49)29-30-67(42-62-27-25-58(26-28-62)38-54-11-9-53(10-12-54)37-57-17-23-61(24-18-57)41-65-47-74-48-65)72(70)71-44-63(43-68-34-50(2)3-31-69(68)71)39-59-19-13-55(14-20-59)35-51-5-7-52(8-6-51)36-56-15-21-60(22-16-56)40-64-45-73-46-64;;/h3-34,43-44H,35-42,45-48H2,1-2H3;;/q-2;;. The minimum absolute atomic E-state index is 0. The predicted octanol–water partition coefficient (Wildman–Crippen LogP) is 16.1. The van der Waals surface area contributed by atoms with Crippen LogP contribution < -0.4 is 0 Å². The second kappa shape index (κ2) is 24.6. The van der Waals surface area contributed by atoms with Crippen LogP contribution in [0.1, 0.15) is 89.0 Å². The second-order valence-electron chi connectivity index (χ2n) is 21.5. The van der Waals surface area contributed by atoms with Crippen LogP contribution in [-0.4, -0.2) is 26.4 Å². The SMILES string of the molecule is Cc1ccc2c(-c3c(Cc4ccc(Cc5ccc(Cc6ccc(C[C-]7COC7)cc6)cc5)cc4)ccc4cc(C)ccc34)cc(Cc3ccc(Cc4ccc(Cc5ccc(C[C-]6COC6)cc5)cc4)cc3)cc2c1.[W].[W]. The summed E-state index contributed by atoms with van der Waals surface area (Å²) in [5.41, 5.74) is 24.1. The fraction of sp³-hybridized carbons (Fsp3) is 0.194. The number of rotatable bonds is 17. The van der Waals surface area contributed by atoms with Crippen molar-refractivity contribution >= 4 is 21.5 Å². The largest absolute Gasteiger partial charge is 0.444 e. The maximum Gasteiger partial charge on any atom is 0 e. The Morgan fingerprint density at radius 3 is 1.00 bits per heavy atom. The van der Waals surface area contributed by atoms with Gasteiger partial charge >= 0.3 is 0 Å². The van der Waals surface area contributed by atoms with Gasteiger partial charge in [-0.15, -0.1) is 12.8 Å². The Bertz CT molecular complexity index is 3540. The third-order valence-electron chi connectivity index (χ3n) is 15.4. The zero-order valence-corrected chi connectivity index (χ0v) is 49.6. The van der Waals surface area contributed by atoms with E-state index in [0.29, 0.717) is 0 Å². The Morgan fingerprint density at radius 1 is 0.303 bits per heavy atom. The molecule has 10 aromatic rings. The molecule has 2 heterocycles. The third-order valence-corrected chi connectivity index (χ3v) is 15.4. The van der Waals surface area contributed by atoms with Crippen molar-refractivity contribution < 1.29 is 51.6 Å². The summed E-state index contributed by atoms with van der Waals surface area (Å²) in [6.07, 6.45) is 7.54. The van der Waals surface area contributed by atoms with Crippen LogP contribution in [0.2, 0.25) is 0 Å². The van der Waals surface area contributed by atoms with Crippen LogP contribution >= 0.6 is 0 Å². The van der Waals surface area contributed by atoms with Crippen molar-refractivity contribution in [3.05, 3.63) is 307 Å². The van der Waals surface area contributed by atoms with Crippen molar-refractivity contribution in [1.82, 2.24) is 0 Å². The first-order valence-electron chi connectivity index (χ1n) is 26.7. The van der Waals surface area contributed by atoms with Crippen molar-refractivity contribution in [2.75, 3.05) is 26.4 Å². The maximum absolute atomic E-state index is 5.33. The van der Waals surface area contributed by atoms with Crippen molar-refractivity contribution in [3.63, 3.8) is 0 Å². The molecule has 2 nitrogen and oxygen atoms in total. The van der Waals surface area contributed by atoms with E-state index in [1.807, 2.05) is 0 Å². The molecule has 0 radical (unpaired) electrons. The summed E-state index contributed by atoms with van der Waals surface area (Å²) < 4.78 is 10.7. The number of hydrogen-bond donors (Lipinski definition) is 0. The Labute approximate surface area is 479 Å². The first-order valence-corrected chi connectivity index (χ1v) is 26.7. The maximum atomic E-state index is 5.33. The molecule has 76 heavy (non-hydrogen) atoms. The number of fused-ring (bicyclic) bond motifs is 2. The average Bonchev–Trinajstić information content (AvgIpc) is 3.40. The topological polar surface area (TPSA) is 18.5 Å². The van der Waals surface area contributed by atoms with Gasteiger partial charge in [0, 0.05) is 42.1 Å². The van der Waals surface area contributed by atoms with E-state index in [9.17, 15) is 0 Å². The summed E-state index contributed by atoms with van der Waals surface area (Å²) in [5, 5.41) is 5.19. The number of benzene rings is 10.